The molecule has 0 amide bonds. The molecular formula is C23H20O5. The van der Waals surface area contributed by atoms with Gasteiger partial charge in [-0.1, -0.05) is 66.7 Å². The third-order valence-corrected chi connectivity index (χ3v) is 4.54. The zero-order valence-electron chi connectivity index (χ0n) is 15.1. The summed E-state index contributed by atoms with van der Waals surface area (Å²) in [6.45, 7) is -0.416. The van der Waals surface area contributed by atoms with Crippen LogP contribution in [-0.2, 0) is 13.2 Å². The summed E-state index contributed by atoms with van der Waals surface area (Å²) in [5.74, 6) is -0.991. The molecule has 3 aromatic rings. The van der Waals surface area contributed by atoms with E-state index in [4.69, 9.17) is 5.11 Å². The molecule has 0 heterocycles. The van der Waals surface area contributed by atoms with Crippen LogP contribution in [0.5, 0.6) is 0 Å². The summed E-state index contributed by atoms with van der Waals surface area (Å²) in [5, 5.41) is 29.1. The van der Waals surface area contributed by atoms with Crippen LogP contribution in [0.2, 0.25) is 0 Å². The molecule has 0 fully saturated rings. The van der Waals surface area contributed by atoms with Gasteiger partial charge in [-0.2, -0.15) is 0 Å². The molecule has 5 nitrogen and oxygen atoms in total. The number of aliphatic hydroxyl groups excluding tert-OH is 3. The number of aliphatic hydroxyl groups is 3. The Morgan fingerprint density at radius 2 is 1.36 bits per heavy atom. The highest BCUT2D eigenvalue weighted by Gasteiger charge is 2.25. The third-order valence-electron chi connectivity index (χ3n) is 4.54. The van der Waals surface area contributed by atoms with Crippen LogP contribution in [0.15, 0.2) is 72.8 Å². The lowest BCUT2D eigenvalue weighted by Gasteiger charge is -2.14. The Morgan fingerprint density at radius 3 is 1.96 bits per heavy atom. The van der Waals surface area contributed by atoms with Crippen LogP contribution in [0.1, 0.15) is 49.1 Å². The average molecular weight is 376 g/mol. The van der Waals surface area contributed by atoms with Crippen LogP contribution in [0.4, 0.5) is 0 Å². The molecule has 1 atom stereocenters. The van der Waals surface area contributed by atoms with Gasteiger partial charge in [-0.15, -0.1) is 0 Å². The van der Waals surface area contributed by atoms with Gasteiger partial charge in [0.1, 0.15) is 6.10 Å². The molecule has 28 heavy (non-hydrogen) atoms. The molecule has 0 aromatic heterocycles. The van der Waals surface area contributed by atoms with Crippen LogP contribution >= 0.6 is 0 Å². The summed E-state index contributed by atoms with van der Waals surface area (Å²) < 4.78 is 0. The summed E-state index contributed by atoms with van der Waals surface area (Å²) in [6, 6.07) is 19.4. The number of hydrogen-bond donors (Lipinski definition) is 3. The fraction of sp³-hybridized carbons (Fsp3) is 0.130. The zero-order valence-corrected chi connectivity index (χ0v) is 15.1. The van der Waals surface area contributed by atoms with Gasteiger partial charge in [0.25, 0.3) is 0 Å². The SMILES string of the molecule is O=C(c1ccc(CO)cc1)c1cc(CO)ccc1C(=O)C(O)c1ccccc1. The Hall–Kier alpha value is -3.12. The maximum absolute atomic E-state index is 13.0. The van der Waals surface area contributed by atoms with Gasteiger partial charge in [-0.25, -0.2) is 0 Å². The van der Waals surface area contributed by atoms with E-state index in [9.17, 15) is 19.8 Å². The van der Waals surface area contributed by atoms with E-state index in [0.717, 1.165) is 0 Å². The van der Waals surface area contributed by atoms with Gasteiger partial charge in [-0.3, -0.25) is 9.59 Å². The Morgan fingerprint density at radius 1 is 0.750 bits per heavy atom. The molecule has 3 aromatic carbocycles. The number of benzene rings is 3. The first-order chi connectivity index (χ1) is 13.5. The van der Waals surface area contributed by atoms with E-state index in [1.807, 2.05) is 0 Å². The maximum Gasteiger partial charge on any atom is 0.196 e. The quantitative estimate of drug-likeness (QED) is 0.551. The fourth-order valence-electron chi connectivity index (χ4n) is 2.94. The van der Waals surface area contributed by atoms with Gasteiger partial charge in [0, 0.05) is 16.7 Å². The van der Waals surface area contributed by atoms with Crippen molar-refractivity contribution >= 4 is 11.6 Å². The van der Waals surface area contributed by atoms with Crippen LogP contribution < -0.4 is 0 Å². The second-order valence-electron chi connectivity index (χ2n) is 6.40. The number of carbonyl (C=O) groups excluding carboxylic acids is 2. The van der Waals surface area contributed by atoms with Crippen LogP contribution in [0.25, 0.3) is 0 Å². The van der Waals surface area contributed by atoms with Crippen LogP contribution in [-0.4, -0.2) is 26.9 Å². The molecule has 0 aliphatic heterocycles. The minimum Gasteiger partial charge on any atom is -0.392 e. The lowest BCUT2D eigenvalue weighted by molar-refractivity contribution is 0.0744. The standard InChI is InChI=1S/C23H20O5/c24-13-15-6-9-18(10-7-15)21(26)20-12-16(14-25)8-11-19(20)23(28)22(27)17-4-2-1-3-5-17/h1-12,22,24-25,27H,13-14H2. The van der Waals surface area contributed by atoms with Crippen molar-refractivity contribution in [1.82, 2.24) is 0 Å². The van der Waals surface area contributed by atoms with E-state index in [0.29, 0.717) is 22.3 Å². The van der Waals surface area contributed by atoms with Gasteiger partial charge in [0.2, 0.25) is 0 Å². The van der Waals surface area contributed by atoms with E-state index in [1.165, 1.54) is 12.1 Å². The van der Waals surface area contributed by atoms with E-state index in [2.05, 4.69) is 0 Å². The molecule has 0 bridgehead atoms. The number of hydrogen-bond acceptors (Lipinski definition) is 5. The summed E-state index contributed by atoms with van der Waals surface area (Å²) in [5.41, 5.74) is 2.13. The zero-order chi connectivity index (χ0) is 20.1. The van der Waals surface area contributed by atoms with Crippen molar-refractivity contribution in [2.75, 3.05) is 0 Å². The number of ketones is 2. The largest absolute Gasteiger partial charge is 0.392 e. The van der Waals surface area contributed by atoms with Crippen molar-refractivity contribution in [2.45, 2.75) is 19.3 Å². The molecular weight excluding hydrogens is 356 g/mol. The second kappa shape index (κ2) is 8.71. The number of rotatable bonds is 7. The molecule has 0 radical (unpaired) electrons. The van der Waals surface area contributed by atoms with Crippen LogP contribution in [0, 0.1) is 0 Å². The van der Waals surface area contributed by atoms with Crippen molar-refractivity contribution in [3.63, 3.8) is 0 Å². The lowest BCUT2D eigenvalue weighted by atomic mass is 9.90. The van der Waals surface area contributed by atoms with Crippen molar-refractivity contribution in [3.05, 3.63) is 106 Å². The Bertz CT molecular complexity index is 978. The van der Waals surface area contributed by atoms with Crippen molar-refractivity contribution in [3.8, 4) is 0 Å². The second-order valence-corrected chi connectivity index (χ2v) is 6.40. The third kappa shape index (κ3) is 4.07. The molecule has 0 aliphatic rings. The van der Waals surface area contributed by atoms with Gasteiger partial charge >= 0.3 is 0 Å². The minimum absolute atomic E-state index is 0.0878. The van der Waals surface area contributed by atoms with Crippen molar-refractivity contribution < 1.29 is 24.9 Å². The molecule has 142 valence electrons. The smallest absolute Gasteiger partial charge is 0.196 e. The molecule has 3 N–H and O–H groups in total. The highest BCUT2D eigenvalue weighted by Crippen LogP contribution is 2.24. The summed E-state index contributed by atoms with van der Waals surface area (Å²) in [4.78, 5) is 25.9. The number of carbonyl (C=O) groups is 2. The van der Waals surface area contributed by atoms with Crippen molar-refractivity contribution in [1.29, 1.82) is 0 Å². The van der Waals surface area contributed by atoms with Gasteiger partial charge in [0.15, 0.2) is 11.6 Å². The molecule has 5 heteroatoms. The normalized spacial score (nSPS) is 11.8. The summed E-state index contributed by atoms with van der Waals surface area (Å²) in [7, 11) is 0. The average Bonchev–Trinajstić information content (AvgIpc) is 2.77. The molecule has 0 saturated heterocycles. The summed E-state index contributed by atoms with van der Waals surface area (Å²) in [6.07, 6.45) is -1.40. The first kappa shape index (κ1) is 19.6. The molecule has 0 spiro atoms. The van der Waals surface area contributed by atoms with E-state index in [1.54, 1.807) is 60.7 Å². The highest BCUT2D eigenvalue weighted by atomic mass is 16.3. The van der Waals surface area contributed by atoms with E-state index < -0.39 is 17.7 Å². The minimum atomic E-state index is -1.40. The Labute approximate surface area is 162 Å². The van der Waals surface area contributed by atoms with Gasteiger partial charge < -0.3 is 15.3 Å². The molecule has 0 saturated carbocycles. The summed E-state index contributed by atoms with van der Waals surface area (Å²) >= 11 is 0. The van der Waals surface area contributed by atoms with Gasteiger partial charge in [0.05, 0.1) is 13.2 Å². The Kier molecular flexibility index (Phi) is 6.11. The van der Waals surface area contributed by atoms with E-state index in [-0.39, 0.29) is 24.3 Å². The predicted octanol–water partition coefficient (Wildman–Crippen LogP) is 2.82. The topological polar surface area (TPSA) is 94.8 Å². The first-order valence-corrected chi connectivity index (χ1v) is 8.80. The number of Topliss-reactive ketones (excluding diaryl/α,β-unsaturated/α-hetero) is 1. The highest BCUT2D eigenvalue weighted by molar-refractivity contribution is 6.16. The monoisotopic (exact) mass is 376 g/mol. The Balaban J connectivity index is 2.02. The maximum atomic E-state index is 13.0. The fourth-order valence-corrected chi connectivity index (χ4v) is 2.94. The molecule has 0 aliphatic carbocycles. The van der Waals surface area contributed by atoms with Crippen molar-refractivity contribution in [2.24, 2.45) is 0 Å². The van der Waals surface area contributed by atoms with Gasteiger partial charge in [-0.05, 0) is 22.8 Å². The first-order valence-electron chi connectivity index (χ1n) is 8.80. The molecule has 1 unspecified atom stereocenters. The predicted molar refractivity (Wildman–Crippen MR) is 104 cm³/mol. The molecule has 3 rings (SSSR count). The van der Waals surface area contributed by atoms with E-state index >= 15 is 0 Å². The van der Waals surface area contributed by atoms with Crippen LogP contribution in [0.3, 0.4) is 0 Å². The lowest BCUT2D eigenvalue weighted by Crippen LogP contribution is -2.17.